The molecule has 0 aliphatic heterocycles. The van der Waals surface area contributed by atoms with Crippen LogP contribution in [0.3, 0.4) is 0 Å². The van der Waals surface area contributed by atoms with Crippen molar-refractivity contribution in [1.82, 2.24) is 5.32 Å². The molecule has 1 aromatic carbocycles. The van der Waals surface area contributed by atoms with E-state index in [0.717, 1.165) is 12.5 Å². The summed E-state index contributed by atoms with van der Waals surface area (Å²) in [6.45, 7) is 2.47. The fraction of sp³-hybridized carbons (Fsp3) is 0.417. The molecule has 3 N–H and O–H groups in total. The minimum atomic E-state index is -4.35. The molecule has 5 nitrogen and oxygen atoms in total. The smallest absolute Gasteiger partial charge is 0.252 e. The first kappa shape index (κ1) is 16.5. The summed E-state index contributed by atoms with van der Waals surface area (Å²) >= 11 is 11.4. The summed E-state index contributed by atoms with van der Waals surface area (Å²) in [5.74, 6) is -0.833. The number of carbonyl (C=O) groups is 1. The van der Waals surface area contributed by atoms with Gasteiger partial charge in [-0.1, -0.05) is 30.1 Å². The molecule has 21 heavy (non-hydrogen) atoms. The molecular weight excluding hydrogens is 342 g/mol. The number of nitrogens with one attached hydrogen (secondary N) is 1. The topological polar surface area (TPSA) is 89.3 Å². The molecule has 2 rings (SSSR count). The van der Waals surface area contributed by atoms with Crippen molar-refractivity contribution in [3.05, 3.63) is 27.5 Å². The van der Waals surface area contributed by atoms with E-state index >= 15 is 0 Å². The maximum Gasteiger partial charge on any atom is 0.252 e. The van der Waals surface area contributed by atoms with Gasteiger partial charge >= 0.3 is 0 Å². The molecule has 0 heterocycles. The molecule has 0 spiro atoms. The van der Waals surface area contributed by atoms with Crippen LogP contribution in [0.5, 0.6) is 0 Å². The summed E-state index contributed by atoms with van der Waals surface area (Å²) in [7, 11) is -4.35. The summed E-state index contributed by atoms with van der Waals surface area (Å²) < 4.78 is 36.6. The molecule has 0 bridgehead atoms. The third kappa shape index (κ3) is 3.48. The van der Waals surface area contributed by atoms with Crippen molar-refractivity contribution in [2.45, 2.75) is 18.2 Å². The van der Waals surface area contributed by atoms with Gasteiger partial charge in [0.1, 0.15) is 10.7 Å². The summed E-state index contributed by atoms with van der Waals surface area (Å²) in [5, 5.41) is 6.33. The molecule has 0 aromatic heterocycles. The number of benzene rings is 1. The highest BCUT2D eigenvalue weighted by Gasteiger charge is 2.33. The quantitative estimate of drug-likeness (QED) is 0.811. The summed E-state index contributed by atoms with van der Waals surface area (Å²) in [6.07, 6.45) is 1.01. The number of hydrogen-bond donors (Lipinski definition) is 2. The molecule has 116 valence electrons. The van der Waals surface area contributed by atoms with E-state index in [0.29, 0.717) is 18.4 Å². The van der Waals surface area contributed by atoms with Crippen molar-refractivity contribution >= 4 is 39.1 Å². The minimum Gasteiger partial charge on any atom is -0.352 e. The highest BCUT2D eigenvalue weighted by Crippen LogP contribution is 2.37. The van der Waals surface area contributed by atoms with Crippen molar-refractivity contribution in [3.8, 4) is 0 Å². The van der Waals surface area contributed by atoms with Gasteiger partial charge in [-0.05, 0) is 24.3 Å². The summed E-state index contributed by atoms with van der Waals surface area (Å²) in [4.78, 5) is 11.2. The van der Waals surface area contributed by atoms with Crippen molar-refractivity contribution in [3.63, 3.8) is 0 Å². The Morgan fingerprint density at radius 2 is 2.05 bits per heavy atom. The Morgan fingerprint density at radius 1 is 1.48 bits per heavy atom. The second-order valence-electron chi connectivity index (χ2n) is 5.09. The van der Waals surface area contributed by atoms with Crippen LogP contribution in [0.25, 0.3) is 0 Å². The number of carbonyl (C=O) groups excluding carboxylic acids is 1. The van der Waals surface area contributed by atoms with E-state index < -0.39 is 36.7 Å². The van der Waals surface area contributed by atoms with E-state index in [2.05, 4.69) is 5.32 Å². The van der Waals surface area contributed by atoms with Crippen LogP contribution in [0.4, 0.5) is 4.39 Å². The third-order valence-electron chi connectivity index (χ3n) is 3.45. The van der Waals surface area contributed by atoms with Gasteiger partial charge in [0.25, 0.3) is 5.91 Å². The molecular formula is C12H13Cl2FN2O3S. The third-order valence-corrected chi connectivity index (χ3v) is 5.41. The van der Waals surface area contributed by atoms with Gasteiger partial charge < -0.3 is 5.32 Å². The number of primary sulfonamides is 1. The highest BCUT2D eigenvalue weighted by atomic mass is 35.5. The molecule has 2 atom stereocenters. The molecule has 1 amide bonds. The number of hydrogen-bond acceptors (Lipinski definition) is 3. The number of halogens is 3. The average Bonchev–Trinajstić information content (AvgIpc) is 3.05. The van der Waals surface area contributed by atoms with Crippen LogP contribution in [0.2, 0.25) is 10.0 Å². The van der Waals surface area contributed by atoms with E-state index in [9.17, 15) is 17.6 Å². The maximum absolute atomic E-state index is 13.7. The predicted molar refractivity (Wildman–Crippen MR) is 77.4 cm³/mol. The summed E-state index contributed by atoms with van der Waals surface area (Å²) in [5.41, 5.74) is -0.309. The minimum absolute atomic E-state index is 0.309. The standard InChI is InChI=1S/C12H13Cl2FN2O3S/c1-5-2-6(5)4-17-12(18)7-3-8(15)10(14)11(9(7)13)21(16,19)20/h3,5-6H,2,4H2,1H3,(H,17,18)(H2,16,19,20). The van der Waals surface area contributed by atoms with Gasteiger partial charge in [-0.15, -0.1) is 0 Å². The molecule has 0 radical (unpaired) electrons. The van der Waals surface area contributed by atoms with Gasteiger partial charge in [0.15, 0.2) is 0 Å². The summed E-state index contributed by atoms with van der Waals surface area (Å²) in [6, 6.07) is 0.797. The lowest BCUT2D eigenvalue weighted by Gasteiger charge is -2.11. The van der Waals surface area contributed by atoms with Crippen LogP contribution >= 0.6 is 23.2 Å². The number of sulfonamides is 1. The normalized spacial score (nSPS) is 21.2. The lowest BCUT2D eigenvalue weighted by atomic mass is 10.2. The largest absolute Gasteiger partial charge is 0.352 e. The lowest BCUT2D eigenvalue weighted by molar-refractivity contribution is 0.0951. The van der Waals surface area contributed by atoms with Gasteiger partial charge in [0, 0.05) is 6.54 Å². The Balaban J connectivity index is 2.35. The lowest BCUT2D eigenvalue weighted by Crippen LogP contribution is -2.27. The molecule has 1 saturated carbocycles. The van der Waals surface area contributed by atoms with Crippen LogP contribution in [-0.2, 0) is 10.0 Å². The Bertz CT molecular complexity index is 709. The Morgan fingerprint density at radius 3 is 2.52 bits per heavy atom. The van der Waals surface area contributed by atoms with Gasteiger partial charge in [0.2, 0.25) is 10.0 Å². The van der Waals surface area contributed by atoms with Crippen LogP contribution < -0.4 is 10.5 Å². The van der Waals surface area contributed by atoms with E-state index in [1.54, 1.807) is 0 Å². The van der Waals surface area contributed by atoms with Crippen LogP contribution in [0.15, 0.2) is 11.0 Å². The SMILES string of the molecule is CC1CC1CNC(=O)c1cc(F)c(Cl)c(S(N)(=O)=O)c1Cl. The monoisotopic (exact) mass is 354 g/mol. The van der Waals surface area contributed by atoms with Gasteiger partial charge in [-0.2, -0.15) is 0 Å². The van der Waals surface area contributed by atoms with Crippen molar-refractivity contribution in [1.29, 1.82) is 0 Å². The molecule has 1 aliphatic rings. The maximum atomic E-state index is 13.7. The Hall–Kier alpha value is -0.890. The zero-order valence-corrected chi connectivity index (χ0v) is 13.3. The molecule has 1 aliphatic carbocycles. The molecule has 0 saturated heterocycles. The van der Waals surface area contributed by atoms with E-state index in [1.165, 1.54) is 0 Å². The van der Waals surface area contributed by atoms with Crippen LogP contribution in [0, 0.1) is 17.7 Å². The van der Waals surface area contributed by atoms with Gasteiger partial charge in [-0.3, -0.25) is 4.79 Å². The average molecular weight is 355 g/mol. The predicted octanol–water partition coefficient (Wildman–Crippen LogP) is 2.17. The van der Waals surface area contributed by atoms with Gasteiger partial charge in [-0.25, -0.2) is 17.9 Å². The zero-order chi connectivity index (χ0) is 15.9. The number of amides is 1. The van der Waals surface area contributed by atoms with Crippen LogP contribution in [-0.4, -0.2) is 20.9 Å². The second kappa shape index (κ2) is 5.72. The first-order valence-electron chi connectivity index (χ1n) is 6.11. The molecule has 9 heteroatoms. The van der Waals surface area contributed by atoms with E-state index in [4.69, 9.17) is 28.3 Å². The Kier molecular flexibility index (Phi) is 4.49. The zero-order valence-electron chi connectivity index (χ0n) is 11.0. The first-order valence-corrected chi connectivity index (χ1v) is 8.41. The fourth-order valence-electron chi connectivity index (χ4n) is 2.00. The molecule has 2 unspecified atom stereocenters. The van der Waals surface area contributed by atoms with E-state index in [1.807, 2.05) is 6.92 Å². The molecule has 1 fully saturated rings. The number of nitrogens with two attached hydrogens (primary N) is 1. The van der Waals surface area contributed by atoms with E-state index in [-0.39, 0.29) is 5.56 Å². The fourth-order valence-corrected chi connectivity index (χ4v) is 3.78. The first-order chi connectivity index (χ1) is 9.62. The molecule has 1 aromatic rings. The van der Waals surface area contributed by atoms with Crippen molar-refractivity contribution in [2.75, 3.05) is 6.54 Å². The van der Waals surface area contributed by atoms with Crippen molar-refractivity contribution in [2.24, 2.45) is 17.0 Å². The Labute approximate surface area is 131 Å². The van der Waals surface area contributed by atoms with Crippen molar-refractivity contribution < 1.29 is 17.6 Å². The van der Waals surface area contributed by atoms with Crippen LogP contribution in [0.1, 0.15) is 23.7 Å². The van der Waals surface area contributed by atoms with Gasteiger partial charge in [0.05, 0.1) is 15.6 Å². The second-order valence-corrected chi connectivity index (χ2v) is 7.35. The number of rotatable bonds is 4. The highest BCUT2D eigenvalue weighted by molar-refractivity contribution is 7.89.